The van der Waals surface area contributed by atoms with Gasteiger partial charge in [0.2, 0.25) is 5.91 Å². The summed E-state index contributed by atoms with van der Waals surface area (Å²) < 4.78 is 25.7. The summed E-state index contributed by atoms with van der Waals surface area (Å²) >= 11 is 0. The summed E-state index contributed by atoms with van der Waals surface area (Å²) in [4.78, 5) is 10.3. The first kappa shape index (κ1) is 10.2. The molecule has 0 fully saturated rings. The largest absolute Gasteiger partial charge is 0.396 e. The van der Waals surface area contributed by atoms with Crippen LogP contribution in [0.2, 0.25) is 0 Å². The average Bonchev–Trinajstić information content (AvgIpc) is 2.09. The highest BCUT2D eigenvalue weighted by Crippen LogP contribution is 2.17. The summed E-state index contributed by atoms with van der Waals surface area (Å²) in [5, 5.41) is 0. The number of anilines is 1. The van der Waals surface area contributed by atoms with Crippen LogP contribution in [0, 0.1) is 11.6 Å². The molecule has 0 aliphatic carbocycles. The van der Waals surface area contributed by atoms with Gasteiger partial charge in [-0.25, -0.2) is 8.78 Å². The standard InChI is InChI=1S/C9H8F2N2O/c10-6-4-7(11)8(12)3-5(6)1-2-9(13)14/h1-4H,12H2,(H2,13,14). The molecule has 0 saturated carbocycles. The predicted molar refractivity (Wildman–Crippen MR) is 49.0 cm³/mol. The molecule has 0 unspecified atom stereocenters. The lowest BCUT2D eigenvalue weighted by molar-refractivity contribution is -0.113. The van der Waals surface area contributed by atoms with Crippen molar-refractivity contribution in [3.63, 3.8) is 0 Å². The first-order valence-corrected chi connectivity index (χ1v) is 3.72. The Balaban J connectivity index is 3.10. The number of primary amides is 1. The van der Waals surface area contributed by atoms with Crippen molar-refractivity contribution in [2.75, 3.05) is 5.73 Å². The molecule has 4 N–H and O–H groups in total. The van der Waals surface area contributed by atoms with E-state index in [2.05, 4.69) is 0 Å². The van der Waals surface area contributed by atoms with Crippen LogP contribution < -0.4 is 11.5 Å². The zero-order valence-electron chi connectivity index (χ0n) is 7.13. The van der Waals surface area contributed by atoms with Gasteiger partial charge in [0.05, 0.1) is 5.69 Å². The van der Waals surface area contributed by atoms with E-state index in [4.69, 9.17) is 11.5 Å². The Morgan fingerprint density at radius 1 is 1.29 bits per heavy atom. The third-order valence-corrected chi connectivity index (χ3v) is 1.54. The van der Waals surface area contributed by atoms with Gasteiger partial charge in [-0.3, -0.25) is 4.79 Å². The van der Waals surface area contributed by atoms with Crippen molar-refractivity contribution in [2.24, 2.45) is 5.73 Å². The van der Waals surface area contributed by atoms with Crippen LogP contribution in [0.15, 0.2) is 18.2 Å². The van der Waals surface area contributed by atoms with Crippen molar-refractivity contribution in [3.05, 3.63) is 35.4 Å². The lowest BCUT2D eigenvalue weighted by Crippen LogP contribution is -2.05. The van der Waals surface area contributed by atoms with Crippen LogP contribution in [0.4, 0.5) is 14.5 Å². The van der Waals surface area contributed by atoms with Gasteiger partial charge in [-0.05, 0) is 12.1 Å². The second-order valence-corrected chi connectivity index (χ2v) is 2.63. The van der Waals surface area contributed by atoms with Crippen molar-refractivity contribution in [1.82, 2.24) is 0 Å². The summed E-state index contributed by atoms with van der Waals surface area (Å²) in [6.45, 7) is 0. The second kappa shape index (κ2) is 3.87. The Morgan fingerprint density at radius 2 is 1.93 bits per heavy atom. The van der Waals surface area contributed by atoms with Crippen LogP contribution in [-0.2, 0) is 4.79 Å². The Bertz CT molecular complexity index is 402. The third kappa shape index (κ3) is 2.29. The molecule has 5 heteroatoms. The zero-order valence-corrected chi connectivity index (χ0v) is 7.13. The highest BCUT2D eigenvalue weighted by atomic mass is 19.1. The van der Waals surface area contributed by atoms with Gasteiger partial charge >= 0.3 is 0 Å². The second-order valence-electron chi connectivity index (χ2n) is 2.63. The summed E-state index contributed by atoms with van der Waals surface area (Å²) in [6.07, 6.45) is 2.10. The first-order chi connectivity index (χ1) is 6.50. The highest BCUT2D eigenvalue weighted by molar-refractivity contribution is 5.90. The molecule has 0 bridgehead atoms. The van der Waals surface area contributed by atoms with Crippen LogP contribution in [0.5, 0.6) is 0 Å². The molecule has 0 radical (unpaired) electrons. The maximum Gasteiger partial charge on any atom is 0.241 e. The fourth-order valence-electron chi connectivity index (χ4n) is 0.883. The molecule has 1 aromatic carbocycles. The molecule has 0 aliphatic rings. The molecule has 0 spiro atoms. The van der Waals surface area contributed by atoms with Crippen LogP contribution >= 0.6 is 0 Å². The number of benzene rings is 1. The molecule has 3 nitrogen and oxygen atoms in total. The summed E-state index contributed by atoms with van der Waals surface area (Å²) in [5.41, 5.74) is 9.84. The van der Waals surface area contributed by atoms with E-state index in [1.807, 2.05) is 0 Å². The molecule has 0 aliphatic heterocycles. The topological polar surface area (TPSA) is 69.1 Å². The molecule has 74 valence electrons. The number of halogens is 2. The average molecular weight is 198 g/mol. The van der Waals surface area contributed by atoms with Gasteiger partial charge in [-0.1, -0.05) is 0 Å². The van der Waals surface area contributed by atoms with Gasteiger partial charge in [0.25, 0.3) is 0 Å². The van der Waals surface area contributed by atoms with Gasteiger partial charge in [-0.15, -0.1) is 0 Å². The van der Waals surface area contributed by atoms with Gasteiger partial charge < -0.3 is 11.5 Å². The van der Waals surface area contributed by atoms with Crippen molar-refractivity contribution >= 4 is 17.7 Å². The number of hydrogen-bond donors (Lipinski definition) is 2. The fourth-order valence-corrected chi connectivity index (χ4v) is 0.883. The third-order valence-electron chi connectivity index (χ3n) is 1.54. The van der Waals surface area contributed by atoms with E-state index >= 15 is 0 Å². The number of carbonyl (C=O) groups excluding carboxylic acids is 1. The number of rotatable bonds is 2. The maximum atomic E-state index is 13.0. The molecule has 1 aromatic rings. The Morgan fingerprint density at radius 3 is 2.50 bits per heavy atom. The van der Waals surface area contributed by atoms with Crippen molar-refractivity contribution < 1.29 is 13.6 Å². The van der Waals surface area contributed by atoms with Crippen molar-refractivity contribution in [1.29, 1.82) is 0 Å². The van der Waals surface area contributed by atoms with Crippen LogP contribution in [0.25, 0.3) is 6.08 Å². The number of hydrogen-bond acceptors (Lipinski definition) is 2. The Labute approximate surface area is 79.0 Å². The molecule has 0 saturated heterocycles. The van der Waals surface area contributed by atoms with E-state index in [0.717, 1.165) is 18.2 Å². The zero-order chi connectivity index (χ0) is 10.7. The molecule has 14 heavy (non-hydrogen) atoms. The van der Waals surface area contributed by atoms with E-state index < -0.39 is 17.5 Å². The lowest BCUT2D eigenvalue weighted by Gasteiger charge is -2.00. The van der Waals surface area contributed by atoms with Crippen molar-refractivity contribution in [2.45, 2.75) is 0 Å². The SMILES string of the molecule is NC(=O)C=Cc1cc(N)c(F)cc1F. The highest BCUT2D eigenvalue weighted by Gasteiger charge is 2.05. The molecular weight excluding hydrogens is 190 g/mol. The Hall–Kier alpha value is -1.91. The number of carbonyl (C=O) groups is 1. The van der Waals surface area contributed by atoms with E-state index in [1.54, 1.807) is 0 Å². The minimum atomic E-state index is -0.835. The van der Waals surface area contributed by atoms with E-state index in [0.29, 0.717) is 6.07 Å². The Kier molecular flexibility index (Phi) is 2.81. The van der Waals surface area contributed by atoms with Gasteiger partial charge in [0.1, 0.15) is 11.6 Å². The van der Waals surface area contributed by atoms with Crippen molar-refractivity contribution in [3.8, 4) is 0 Å². The number of nitrogens with two attached hydrogens (primary N) is 2. The maximum absolute atomic E-state index is 13.0. The smallest absolute Gasteiger partial charge is 0.241 e. The fraction of sp³-hybridized carbons (Fsp3) is 0. The van der Waals surface area contributed by atoms with E-state index in [1.165, 1.54) is 0 Å². The van der Waals surface area contributed by atoms with Gasteiger partial charge in [-0.2, -0.15) is 0 Å². The molecule has 0 aromatic heterocycles. The van der Waals surface area contributed by atoms with Crippen LogP contribution in [0.1, 0.15) is 5.56 Å². The van der Waals surface area contributed by atoms with Gasteiger partial charge in [0, 0.05) is 17.7 Å². The molecule has 0 heterocycles. The normalized spacial score (nSPS) is 10.7. The predicted octanol–water partition coefficient (Wildman–Crippen LogP) is 1.05. The molecule has 0 atom stereocenters. The van der Waals surface area contributed by atoms with E-state index in [9.17, 15) is 13.6 Å². The minimum Gasteiger partial charge on any atom is -0.396 e. The summed E-state index contributed by atoms with van der Waals surface area (Å²) in [5.74, 6) is -2.35. The monoisotopic (exact) mass is 198 g/mol. The summed E-state index contributed by atoms with van der Waals surface area (Å²) in [6, 6.07) is 1.74. The van der Waals surface area contributed by atoms with Crippen LogP contribution in [-0.4, -0.2) is 5.91 Å². The van der Waals surface area contributed by atoms with E-state index in [-0.39, 0.29) is 11.3 Å². The van der Waals surface area contributed by atoms with Crippen LogP contribution in [0.3, 0.4) is 0 Å². The lowest BCUT2D eigenvalue weighted by atomic mass is 10.1. The number of amides is 1. The molecule has 1 amide bonds. The first-order valence-electron chi connectivity index (χ1n) is 3.72. The quantitative estimate of drug-likeness (QED) is 0.550. The molecule has 1 rings (SSSR count). The minimum absolute atomic E-state index is 0.0164. The summed E-state index contributed by atoms with van der Waals surface area (Å²) in [7, 11) is 0. The molecular formula is C9H8F2N2O. The van der Waals surface area contributed by atoms with Gasteiger partial charge in [0.15, 0.2) is 0 Å². The number of nitrogen functional groups attached to an aromatic ring is 1.